The van der Waals surface area contributed by atoms with Crippen LogP contribution in [0.4, 0.5) is 4.39 Å². The molecule has 3 heteroatoms. The monoisotopic (exact) mass is 244 g/mol. The first-order valence-electron chi connectivity index (χ1n) is 6.88. The number of halogens is 1. The standard InChI is InChI=1S/C15H17FN2/c16-12-6-5-11-8-18(15(17)13(11)7-12)14(9-1-2-9)10-3-4-10/h5-7,9-10,14,17H,1-4,8H2. The van der Waals surface area contributed by atoms with Crippen molar-refractivity contribution in [3.8, 4) is 0 Å². The fourth-order valence-electron chi connectivity index (χ4n) is 3.35. The third kappa shape index (κ3) is 1.57. The van der Waals surface area contributed by atoms with Gasteiger partial charge in [0.05, 0.1) is 0 Å². The van der Waals surface area contributed by atoms with Crippen molar-refractivity contribution in [1.29, 1.82) is 5.41 Å². The Morgan fingerprint density at radius 1 is 1.17 bits per heavy atom. The molecule has 1 N–H and O–H groups in total. The van der Waals surface area contributed by atoms with Crippen LogP contribution in [-0.2, 0) is 6.54 Å². The van der Waals surface area contributed by atoms with Gasteiger partial charge in [-0.25, -0.2) is 4.39 Å². The van der Waals surface area contributed by atoms with Crippen molar-refractivity contribution >= 4 is 5.84 Å². The minimum absolute atomic E-state index is 0.227. The largest absolute Gasteiger partial charge is 0.349 e. The van der Waals surface area contributed by atoms with Crippen LogP contribution in [0.1, 0.15) is 36.8 Å². The van der Waals surface area contributed by atoms with E-state index < -0.39 is 0 Å². The average Bonchev–Trinajstić information content (AvgIpc) is 3.23. The Bertz CT molecular complexity index is 505. The summed E-state index contributed by atoms with van der Waals surface area (Å²) in [5.41, 5.74) is 1.93. The first-order valence-corrected chi connectivity index (χ1v) is 6.88. The molecular formula is C15H17FN2. The van der Waals surface area contributed by atoms with Gasteiger partial charge in [-0.05, 0) is 55.2 Å². The molecule has 3 aliphatic rings. The van der Waals surface area contributed by atoms with E-state index in [0.29, 0.717) is 11.9 Å². The van der Waals surface area contributed by atoms with Crippen molar-refractivity contribution in [1.82, 2.24) is 4.90 Å². The zero-order valence-corrected chi connectivity index (χ0v) is 10.3. The molecular weight excluding hydrogens is 227 g/mol. The van der Waals surface area contributed by atoms with Gasteiger partial charge in [0.25, 0.3) is 0 Å². The van der Waals surface area contributed by atoms with E-state index in [1.165, 1.54) is 37.8 Å². The first-order chi connectivity index (χ1) is 8.74. The van der Waals surface area contributed by atoms with Gasteiger partial charge in [-0.2, -0.15) is 0 Å². The summed E-state index contributed by atoms with van der Waals surface area (Å²) >= 11 is 0. The number of amidine groups is 1. The number of nitrogens with one attached hydrogen (secondary N) is 1. The fraction of sp³-hybridized carbons (Fsp3) is 0.533. The van der Waals surface area contributed by atoms with Crippen LogP contribution in [0, 0.1) is 23.1 Å². The summed E-state index contributed by atoms with van der Waals surface area (Å²) in [4.78, 5) is 2.24. The summed E-state index contributed by atoms with van der Waals surface area (Å²) in [7, 11) is 0. The lowest BCUT2D eigenvalue weighted by Crippen LogP contribution is -2.38. The van der Waals surface area contributed by atoms with Crippen LogP contribution < -0.4 is 0 Å². The van der Waals surface area contributed by atoms with Crippen molar-refractivity contribution in [3.05, 3.63) is 35.1 Å². The maximum atomic E-state index is 13.3. The van der Waals surface area contributed by atoms with E-state index >= 15 is 0 Å². The van der Waals surface area contributed by atoms with Gasteiger partial charge in [0.15, 0.2) is 0 Å². The van der Waals surface area contributed by atoms with E-state index in [0.717, 1.165) is 29.5 Å². The number of hydrogen-bond acceptors (Lipinski definition) is 1. The highest BCUT2D eigenvalue weighted by Gasteiger charge is 2.47. The second kappa shape index (κ2) is 3.56. The van der Waals surface area contributed by atoms with Crippen molar-refractivity contribution < 1.29 is 4.39 Å². The van der Waals surface area contributed by atoms with Gasteiger partial charge in [-0.3, -0.25) is 5.41 Å². The topological polar surface area (TPSA) is 27.1 Å². The van der Waals surface area contributed by atoms with Crippen LogP contribution in [0.25, 0.3) is 0 Å². The average molecular weight is 244 g/mol. The molecule has 1 aliphatic heterocycles. The van der Waals surface area contributed by atoms with Gasteiger partial charge in [0.2, 0.25) is 0 Å². The van der Waals surface area contributed by atoms with Crippen molar-refractivity contribution in [2.24, 2.45) is 11.8 Å². The zero-order valence-electron chi connectivity index (χ0n) is 10.3. The fourth-order valence-corrected chi connectivity index (χ4v) is 3.35. The molecule has 1 aromatic rings. The molecule has 0 bridgehead atoms. The van der Waals surface area contributed by atoms with E-state index in [9.17, 15) is 4.39 Å². The molecule has 0 radical (unpaired) electrons. The van der Waals surface area contributed by atoms with Crippen LogP contribution in [0.3, 0.4) is 0 Å². The van der Waals surface area contributed by atoms with E-state index in [1.54, 1.807) is 0 Å². The summed E-state index contributed by atoms with van der Waals surface area (Å²) in [5, 5.41) is 8.32. The molecule has 0 unspecified atom stereocenters. The van der Waals surface area contributed by atoms with Crippen molar-refractivity contribution in [3.63, 3.8) is 0 Å². The summed E-state index contributed by atoms with van der Waals surface area (Å²) in [6.45, 7) is 0.812. The lowest BCUT2D eigenvalue weighted by Gasteiger charge is -2.29. The number of nitrogens with zero attached hydrogens (tertiary/aromatic N) is 1. The summed E-state index contributed by atoms with van der Waals surface area (Å²) in [5.74, 6) is 1.90. The molecule has 0 saturated heterocycles. The Labute approximate surface area is 106 Å². The van der Waals surface area contributed by atoms with E-state index in [1.807, 2.05) is 6.07 Å². The van der Waals surface area contributed by atoms with Gasteiger partial charge in [-0.15, -0.1) is 0 Å². The lowest BCUT2D eigenvalue weighted by molar-refractivity contribution is 0.254. The predicted octanol–water partition coefficient (Wildman–Crippen LogP) is 3.16. The van der Waals surface area contributed by atoms with Gasteiger partial charge >= 0.3 is 0 Å². The van der Waals surface area contributed by atoms with Crippen LogP contribution >= 0.6 is 0 Å². The first kappa shape index (κ1) is 10.5. The maximum absolute atomic E-state index is 13.3. The second-order valence-electron chi connectivity index (χ2n) is 5.94. The normalized spacial score (nSPS) is 22.8. The smallest absolute Gasteiger partial charge is 0.129 e. The van der Waals surface area contributed by atoms with E-state index in [2.05, 4.69) is 4.90 Å². The molecule has 0 aromatic heterocycles. The molecule has 2 nitrogen and oxygen atoms in total. The zero-order chi connectivity index (χ0) is 12.3. The minimum Gasteiger partial charge on any atom is -0.349 e. The molecule has 2 saturated carbocycles. The summed E-state index contributed by atoms with van der Waals surface area (Å²) in [6, 6.07) is 5.43. The molecule has 1 heterocycles. The predicted molar refractivity (Wildman–Crippen MR) is 68.0 cm³/mol. The van der Waals surface area contributed by atoms with Crippen LogP contribution in [0.15, 0.2) is 18.2 Å². The Morgan fingerprint density at radius 2 is 1.83 bits per heavy atom. The van der Waals surface area contributed by atoms with Crippen LogP contribution in [0.5, 0.6) is 0 Å². The quantitative estimate of drug-likeness (QED) is 0.868. The molecule has 0 spiro atoms. The highest BCUT2D eigenvalue weighted by atomic mass is 19.1. The maximum Gasteiger partial charge on any atom is 0.129 e. The third-order valence-electron chi connectivity index (χ3n) is 4.52. The SMILES string of the molecule is N=C1c2cc(F)ccc2CN1C(C1CC1)C1CC1. The molecule has 0 atom stereocenters. The molecule has 2 fully saturated rings. The minimum atomic E-state index is -0.227. The van der Waals surface area contributed by atoms with Crippen molar-refractivity contribution in [2.45, 2.75) is 38.3 Å². The van der Waals surface area contributed by atoms with Gasteiger partial charge in [0, 0.05) is 18.2 Å². The Balaban J connectivity index is 1.66. The summed E-state index contributed by atoms with van der Waals surface area (Å²) in [6.07, 6.45) is 5.26. The van der Waals surface area contributed by atoms with E-state index in [4.69, 9.17) is 5.41 Å². The highest BCUT2D eigenvalue weighted by Crippen LogP contribution is 2.48. The van der Waals surface area contributed by atoms with Gasteiger partial charge < -0.3 is 4.90 Å². The molecule has 94 valence electrons. The van der Waals surface area contributed by atoms with Gasteiger partial charge in [0.1, 0.15) is 11.7 Å². The molecule has 4 rings (SSSR count). The van der Waals surface area contributed by atoms with Crippen molar-refractivity contribution in [2.75, 3.05) is 0 Å². The number of rotatable bonds is 3. The molecule has 1 aromatic carbocycles. The van der Waals surface area contributed by atoms with E-state index in [-0.39, 0.29) is 5.82 Å². The Hall–Kier alpha value is -1.38. The Kier molecular flexibility index (Phi) is 2.08. The summed E-state index contributed by atoms with van der Waals surface area (Å²) < 4.78 is 13.3. The van der Waals surface area contributed by atoms with Gasteiger partial charge in [-0.1, -0.05) is 6.07 Å². The molecule has 0 amide bonds. The number of fused-ring (bicyclic) bond motifs is 1. The number of benzene rings is 1. The highest BCUT2D eigenvalue weighted by molar-refractivity contribution is 6.00. The lowest BCUT2D eigenvalue weighted by atomic mass is 10.1. The Morgan fingerprint density at radius 3 is 2.44 bits per heavy atom. The molecule has 18 heavy (non-hydrogen) atoms. The second-order valence-corrected chi connectivity index (χ2v) is 5.94. The van der Waals surface area contributed by atoms with Crippen LogP contribution in [-0.4, -0.2) is 16.8 Å². The van der Waals surface area contributed by atoms with Crippen LogP contribution in [0.2, 0.25) is 0 Å². The number of hydrogen-bond donors (Lipinski definition) is 1. The third-order valence-corrected chi connectivity index (χ3v) is 4.52. The molecule has 2 aliphatic carbocycles.